The highest BCUT2D eigenvalue weighted by Gasteiger charge is 2.24. The molecular weight excluding hydrogens is 256 g/mol. The lowest BCUT2D eigenvalue weighted by Gasteiger charge is -2.21. The second-order valence-electron chi connectivity index (χ2n) is 4.44. The molecule has 100 valence electrons. The predicted molar refractivity (Wildman–Crippen MR) is 71.0 cm³/mol. The van der Waals surface area contributed by atoms with Crippen molar-refractivity contribution in [3.05, 3.63) is 21.1 Å². The van der Waals surface area contributed by atoms with Crippen LogP contribution in [0.4, 0.5) is 11.5 Å². The Labute approximate surface area is 111 Å². The van der Waals surface area contributed by atoms with Gasteiger partial charge in [0.25, 0.3) is 0 Å². The molecule has 7 heteroatoms. The molecule has 0 aliphatic carbocycles. The van der Waals surface area contributed by atoms with Crippen LogP contribution in [-0.4, -0.2) is 20.9 Å². The van der Waals surface area contributed by atoms with Gasteiger partial charge < -0.3 is 5.32 Å². The van der Waals surface area contributed by atoms with Gasteiger partial charge in [0.1, 0.15) is 5.69 Å². The Hall–Kier alpha value is -1.43. The molecule has 18 heavy (non-hydrogen) atoms. The first-order valence-corrected chi connectivity index (χ1v) is 6.19. The highest BCUT2D eigenvalue weighted by Crippen LogP contribution is 2.28. The van der Waals surface area contributed by atoms with Gasteiger partial charge in [0, 0.05) is 6.04 Å². The lowest BCUT2D eigenvalue weighted by atomic mass is 10.0. The topological polar surface area (TPSA) is 81.0 Å². The van der Waals surface area contributed by atoms with Gasteiger partial charge in [0.05, 0.1) is 4.92 Å². The van der Waals surface area contributed by atoms with Crippen molar-refractivity contribution in [3.8, 4) is 0 Å². The smallest absolute Gasteiger partial charge is 0.332 e. The fourth-order valence-electron chi connectivity index (χ4n) is 1.77. The Balaban J connectivity index is 3.18. The Morgan fingerprint density at radius 2 is 2.06 bits per heavy atom. The Bertz CT molecular complexity index is 451. The number of nitro groups is 1. The summed E-state index contributed by atoms with van der Waals surface area (Å²) in [6.07, 6.45) is 0.843. The van der Waals surface area contributed by atoms with E-state index in [-0.39, 0.29) is 28.5 Å². The van der Waals surface area contributed by atoms with E-state index in [1.165, 1.54) is 0 Å². The molecule has 1 heterocycles. The lowest BCUT2D eigenvalue weighted by molar-refractivity contribution is -0.385. The van der Waals surface area contributed by atoms with Crippen LogP contribution < -0.4 is 5.32 Å². The zero-order valence-electron chi connectivity index (χ0n) is 10.9. The van der Waals surface area contributed by atoms with Crippen molar-refractivity contribution < 1.29 is 4.92 Å². The average Bonchev–Trinajstić information content (AvgIpc) is 2.23. The highest BCUT2D eigenvalue weighted by atomic mass is 35.5. The molecule has 0 spiro atoms. The Morgan fingerprint density at radius 3 is 2.50 bits per heavy atom. The number of nitrogens with one attached hydrogen (secondary N) is 1. The van der Waals surface area contributed by atoms with Gasteiger partial charge in [-0.3, -0.25) is 10.1 Å². The number of aromatic nitrogens is 2. The standard InChI is InChI=1S/C11H17ClN4O2/c1-5-8(6(2)3)14-10-9(16(17)18)7(4)13-11(12)15-10/h6,8H,5H2,1-4H3,(H,13,14,15). The monoisotopic (exact) mass is 272 g/mol. The van der Waals surface area contributed by atoms with Crippen molar-refractivity contribution in [1.29, 1.82) is 0 Å². The third-order valence-corrected chi connectivity index (χ3v) is 2.95. The van der Waals surface area contributed by atoms with Gasteiger partial charge in [-0.25, -0.2) is 4.98 Å². The molecular formula is C11H17ClN4O2. The highest BCUT2D eigenvalue weighted by molar-refractivity contribution is 6.28. The molecule has 0 aromatic carbocycles. The van der Waals surface area contributed by atoms with E-state index in [2.05, 4.69) is 15.3 Å². The van der Waals surface area contributed by atoms with Gasteiger partial charge in [-0.05, 0) is 30.9 Å². The van der Waals surface area contributed by atoms with Crippen LogP contribution in [0.2, 0.25) is 5.28 Å². The fraction of sp³-hybridized carbons (Fsp3) is 0.636. The molecule has 1 aromatic heterocycles. The van der Waals surface area contributed by atoms with Crippen molar-refractivity contribution in [2.24, 2.45) is 5.92 Å². The van der Waals surface area contributed by atoms with E-state index in [0.29, 0.717) is 5.92 Å². The molecule has 0 aliphatic heterocycles. The molecule has 1 rings (SSSR count). The summed E-state index contributed by atoms with van der Waals surface area (Å²) >= 11 is 5.75. The first-order chi connectivity index (χ1) is 8.36. The van der Waals surface area contributed by atoms with Crippen LogP contribution in [0, 0.1) is 23.0 Å². The molecule has 0 fully saturated rings. The van der Waals surface area contributed by atoms with E-state index in [1.54, 1.807) is 6.92 Å². The van der Waals surface area contributed by atoms with Crippen LogP contribution in [-0.2, 0) is 0 Å². The van der Waals surface area contributed by atoms with Crippen LogP contribution in [0.1, 0.15) is 32.9 Å². The summed E-state index contributed by atoms with van der Waals surface area (Å²) in [7, 11) is 0. The van der Waals surface area contributed by atoms with Gasteiger partial charge in [0.15, 0.2) is 0 Å². The Kier molecular flexibility index (Phi) is 4.84. The lowest BCUT2D eigenvalue weighted by Crippen LogP contribution is -2.26. The number of aryl methyl sites for hydroxylation is 1. The van der Waals surface area contributed by atoms with Gasteiger partial charge in [-0.1, -0.05) is 20.8 Å². The van der Waals surface area contributed by atoms with Gasteiger partial charge in [-0.2, -0.15) is 4.98 Å². The zero-order chi connectivity index (χ0) is 13.9. The van der Waals surface area contributed by atoms with Crippen LogP contribution in [0.5, 0.6) is 0 Å². The minimum Gasteiger partial charge on any atom is -0.361 e. The minimum absolute atomic E-state index is 0.0132. The summed E-state index contributed by atoms with van der Waals surface area (Å²) in [4.78, 5) is 18.3. The minimum atomic E-state index is -0.485. The summed E-state index contributed by atoms with van der Waals surface area (Å²) < 4.78 is 0. The molecule has 1 aromatic rings. The number of rotatable bonds is 5. The molecule has 1 atom stereocenters. The van der Waals surface area contributed by atoms with Gasteiger partial charge >= 0.3 is 5.69 Å². The molecule has 0 amide bonds. The van der Waals surface area contributed by atoms with Crippen LogP contribution in [0.3, 0.4) is 0 Å². The summed E-state index contributed by atoms with van der Waals surface area (Å²) in [6.45, 7) is 7.65. The van der Waals surface area contributed by atoms with Gasteiger partial charge in [-0.15, -0.1) is 0 Å². The van der Waals surface area contributed by atoms with Crippen molar-refractivity contribution in [3.63, 3.8) is 0 Å². The molecule has 0 saturated carbocycles. The molecule has 1 unspecified atom stereocenters. The van der Waals surface area contributed by atoms with Crippen LogP contribution >= 0.6 is 11.6 Å². The van der Waals surface area contributed by atoms with E-state index in [4.69, 9.17) is 11.6 Å². The van der Waals surface area contributed by atoms with Crippen molar-refractivity contribution in [2.75, 3.05) is 5.32 Å². The second kappa shape index (κ2) is 5.95. The van der Waals surface area contributed by atoms with E-state index in [1.807, 2.05) is 20.8 Å². The fourth-order valence-corrected chi connectivity index (χ4v) is 1.98. The number of nitrogens with zero attached hydrogens (tertiary/aromatic N) is 3. The zero-order valence-corrected chi connectivity index (χ0v) is 11.7. The van der Waals surface area contributed by atoms with Crippen molar-refractivity contribution in [1.82, 2.24) is 9.97 Å². The van der Waals surface area contributed by atoms with Crippen molar-refractivity contribution >= 4 is 23.1 Å². The van der Waals surface area contributed by atoms with E-state index in [0.717, 1.165) is 6.42 Å². The summed E-state index contributed by atoms with van der Waals surface area (Å²) in [5.41, 5.74) is 0.152. The second-order valence-corrected chi connectivity index (χ2v) is 4.77. The van der Waals surface area contributed by atoms with E-state index in [9.17, 15) is 10.1 Å². The van der Waals surface area contributed by atoms with E-state index < -0.39 is 4.92 Å². The summed E-state index contributed by atoms with van der Waals surface area (Å²) in [5, 5.41) is 14.1. The quantitative estimate of drug-likeness (QED) is 0.506. The number of hydrogen-bond acceptors (Lipinski definition) is 5. The van der Waals surface area contributed by atoms with Crippen LogP contribution in [0.25, 0.3) is 0 Å². The SMILES string of the molecule is CCC(Nc1nc(Cl)nc(C)c1[N+](=O)[O-])C(C)C. The first kappa shape index (κ1) is 14.6. The molecule has 0 aliphatic rings. The molecule has 1 N–H and O–H groups in total. The first-order valence-electron chi connectivity index (χ1n) is 5.81. The number of halogens is 1. The predicted octanol–water partition coefficient (Wildman–Crippen LogP) is 3.19. The Morgan fingerprint density at radius 1 is 1.44 bits per heavy atom. The maximum absolute atomic E-state index is 11.0. The van der Waals surface area contributed by atoms with Crippen LogP contribution in [0.15, 0.2) is 0 Å². The van der Waals surface area contributed by atoms with E-state index >= 15 is 0 Å². The maximum atomic E-state index is 11.0. The summed E-state index contributed by atoms with van der Waals surface area (Å²) in [6, 6.07) is 0.106. The third kappa shape index (κ3) is 3.29. The number of anilines is 1. The van der Waals surface area contributed by atoms with Gasteiger partial charge in [0.2, 0.25) is 11.1 Å². The average molecular weight is 273 g/mol. The summed E-state index contributed by atoms with van der Waals surface area (Å²) in [5.74, 6) is 0.529. The number of hydrogen-bond donors (Lipinski definition) is 1. The van der Waals surface area contributed by atoms with Crippen molar-refractivity contribution in [2.45, 2.75) is 40.2 Å². The largest absolute Gasteiger partial charge is 0.361 e. The molecule has 6 nitrogen and oxygen atoms in total. The third-order valence-electron chi connectivity index (χ3n) is 2.78. The molecule has 0 radical (unpaired) electrons. The normalized spacial score (nSPS) is 12.6. The maximum Gasteiger partial charge on any atom is 0.332 e. The molecule has 0 bridgehead atoms. The molecule has 0 saturated heterocycles.